The van der Waals surface area contributed by atoms with Crippen LogP contribution in [0.1, 0.15) is 37.8 Å². The molecule has 160 valence electrons. The maximum absolute atomic E-state index is 13.0. The van der Waals surface area contributed by atoms with Crippen molar-refractivity contribution in [1.29, 1.82) is 5.26 Å². The smallest absolute Gasteiger partial charge is 0.262 e. The number of benzene rings is 1. The molecule has 0 fully saturated rings. The molecular formula is C24H21N5O2S. The monoisotopic (exact) mass is 443 g/mol. The van der Waals surface area contributed by atoms with Crippen LogP contribution in [0.3, 0.4) is 0 Å². The van der Waals surface area contributed by atoms with Gasteiger partial charge in [0.1, 0.15) is 23.0 Å². The Morgan fingerprint density at radius 3 is 2.78 bits per heavy atom. The average Bonchev–Trinajstić information content (AvgIpc) is 3.52. The van der Waals surface area contributed by atoms with Gasteiger partial charge in [0, 0.05) is 43.3 Å². The van der Waals surface area contributed by atoms with E-state index in [0.29, 0.717) is 16.8 Å². The number of nitrogens with one attached hydrogen (secondary N) is 1. The summed E-state index contributed by atoms with van der Waals surface area (Å²) in [5.74, 6) is 0.363. The molecule has 0 saturated carbocycles. The van der Waals surface area contributed by atoms with Crippen LogP contribution in [-0.2, 0) is 19.5 Å². The highest BCUT2D eigenvalue weighted by Crippen LogP contribution is 2.31. The summed E-state index contributed by atoms with van der Waals surface area (Å²) in [6, 6.07) is 16.2. The van der Waals surface area contributed by atoms with E-state index in [1.165, 1.54) is 21.8 Å². The molecule has 1 amide bonds. The molecule has 32 heavy (non-hydrogen) atoms. The van der Waals surface area contributed by atoms with Gasteiger partial charge in [0.2, 0.25) is 5.88 Å². The Hall–Kier alpha value is -3.67. The van der Waals surface area contributed by atoms with Crippen molar-refractivity contribution in [2.24, 2.45) is 0 Å². The number of amides is 1. The zero-order chi connectivity index (χ0) is 22.1. The molecule has 8 heteroatoms. The van der Waals surface area contributed by atoms with E-state index in [1.54, 1.807) is 23.9 Å². The summed E-state index contributed by atoms with van der Waals surface area (Å²) < 4.78 is 7.43. The van der Waals surface area contributed by atoms with Crippen LogP contribution in [0.5, 0.6) is 0 Å². The second-order valence-corrected chi connectivity index (χ2v) is 8.79. The highest BCUT2D eigenvalue weighted by molar-refractivity contribution is 7.15. The third-order valence-corrected chi connectivity index (χ3v) is 6.52. The van der Waals surface area contributed by atoms with E-state index in [9.17, 15) is 10.1 Å². The standard InChI is InChI=1S/C24H21N5O2S/c1-16-21(18(13-25)23(31-16)29-10-5-6-11-29)22(30)27-24-26-19-9-12-28(15-20(19)32-24)14-17-7-3-2-4-8-17/h2-8,10-11H,9,12,14-15H2,1H3,(H,26,27,30). The van der Waals surface area contributed by atoms with Gasteiger partial charge in [0.25, 0.3) is 5.91 Å². The van der Waals surface area contributed by atoms with Crippen LogP contribution in [0.2, 0.25) is 0 Å². The number of hydrogen-bond donors (Lipinski definition) is 1. The predicted octanol–water partition coefficient (Wildman–Crippen LogP) is 4.52. The Morgan fingerprint density at radius 1 is 1.25 bits per heavy atom. The fourth-order valence-corrected chi connectivity index (χ4v) is 5.04. The van der Waals surface area contributed by atoms with Crippen molar-refractivity contribution >= 4 is 22.4 Å². The lowest BCUT2D eigenvalue weighted by Crippen LogP contribution is -2.29. The highest BCUT2D eigenvalue weighted by atomic mass is 32.1. The largest absolute Gasteiger partial charge is 0.443 e. The lowest BCUT2D eigenvalue weighted by atomic mass is 10.1. The maximum Gasteiger partial charge on any atom is 0.262 e. The van der Waals surface area contributed by atoms with Gasteiger partial charge in [-0.1, -0.05) is 30.3 Å². The topological polar surface area (TPSA) is 87.1 Å². The summed E-state index contributed by atoms with van der Waals surface area (Å²) in [4.78, 5) is 21.2. The number of thiazole rings is 1. The number of fused-ring (bicyclic) bond motifs is 1. The van der Waals surface area contributed by atoms with E-state index in [4.69, 9.17) is 4.42 Å². The molecule has 0 bridgehead atoms. The van der Waals surface area contributed by atoms with Crippen molar-refractivity contribution in [3.8, 4) is 12.0 Å². The third kappa shape index (κ3) is 3.84. The number of nitriles is 1. The number of carbonyl (C=O) groups is 1. The summed E-state index contributed by atoms with van der Waals surface area (Å²) in [6.07, 6.45) is 4.40. The van der Waals surface area contributed by atoms with Crippen LogP contribution < -0.4 is 5.32 Å². The molecule has 5 rings (SSSR count). The van der Waals surface area contributed by atoms with Gasteiger partial charge in [0.05, 0.1) is 5.69 Å². The van der Waals surface area contributed by atoms with Gasteiger partial charge >= 0.3 is 0 Å². The molecular weight excluding hydrogens is 422 g/mol. The van der Waals surface area contributed by atoms with E-state index < -0.39 is 0 Å². The minimum Gasteiger partial charge on any atom is -0.443 e. The number of aryl methyl sites for hydroxylation is 1. The quantitative estimate of drug-likeness (QED) is 0.490. The van der Waals surface area contributed by atoms with Crippen LogP contribution in [0.15, 0.2) is 59.3 Å². The second-order valence-electron chi connectivity index (χ2n) is 7.70. The Balaban J connectivity index is 1.33. The first-order chi connectivity index (χ1) is 15.6. The molecule has 0 saturated heterocycles. The molecule has 4 heterocycles. The van der Waals surface area contributed by atoms with E-state index in [-0.39, 0.29) is 17.0 Å². The first-order valence-corrected chi connectivity index (χ1v) is 11.2. The SMILES string of the molecule is Cc1oc(-n2cccc2)c(C#N)c1C(=O)Nc1nc2c(s1)CN(Cc1ccccc1)CC2. The number of anilines is 1. The van der Waals surface area contributed by atoms with E-state index in [1.807, 2.05) is 18.2 Å². The zero-order valence-corrected chi connectivity index (χ0v) is 18.4. The fraction of sp³-hybridized carbons (Fsp3) is 0.208. The number of nitrogens with zero attached hydrogens (tertiary/aromatic N) is 4. The van der Waals surface area contributed by atoms with Crippen molar-refractivity contribution < 1.29 is 9.21 Å². The number of hydrogen-bond acceptors (Lipinski definition) is 6. The van der Waals surface area contributed by atoms with Crippen molar-refractivity contribution in [1.82, 2.24) is 14.5 Å². The lowest BCUT2D eigenvalue weighted by Gasteiger charge is -2.25. The Kier molecular flexibility index (Phi) is 5.35. The maximum atomic E-state index is 13.0. The molecule has 0 spiro atoms. The van der Waals surface area contributed by atoms with Crippen LogP contribution in [0.4, 0.5) is 5.13 Å². The third-order valence-electron chi connectivity index (χ3n) is 5.52. The minimum absolute atomic E-state index is 0.214. The van der Waals surface area contributed by atoms with Crippen LogP contribution >= 0.6 is 11.3 Å². The molecule has 1 aliphatic heterocycles. The van der Waals surface area contributed by atoms with Gasteiger partial charge in [0.15, 0.2) is 5.13 Å². The van der Waals surface area contributed by atoms with Gasteiger partial charge < -0.3 is 4.42 Å². The molecule has 0 radical (unpaired) electrons. The van der Waals surface area contributed by atoms with E-state index in [2.05, 4.69) is 45.5 Å². The van der Waals surface area contributed by atoms with Gasteiger partial charge in [-0.15, -0.1) is 11.3 Å². The molecule has 0 atom stereocenters. The summed E-state index contributed by atoms with van der Waals surface area (Å²) in [7, 11) is 0. The minimum atomic E-state index is -0.381. The summed E-state index contributed by atoms with van der Waals surface area (Å²) >= 11 is 1.49. The fourth-order valence-electron chi connectivity index (χ4n) is 4.00. The Labute approximate surface area is 189 Å². The Morgan fingerprint density at radius 2 is 2.03 bits per heavy atom. The van der Waals surface area contributed by atoms with Crippen molar-refractivity contribution in [3.63, 3.8) is 0 Å². The summed E-state index contributed by atoms with van der Waals surface area (Å²) in [6.45, 7) is 4.32. The number of furan rings is 1. The van der Waals surface area contributed by atoms with Crippen LogP contribution in [0.25, 0.3) is 5.88 Å². The molecule has 4 aromatic rings. The molecule has 1 N–H and O–H groups in total. The number of carbonyl (C=O) groups excluding carboxylic acids is 1. The van der Waals surface area contributed by atoms with E-state index >= 15 is 0 Å². The van der Waals surface area contributed by atoms with Gasteiger partial charge in [-0.25, -0.2) is 4.98 Å². The second kappa shape index (κ2) is 8.46. The summed E-state index contributed by atoms with van der Waals surface area (Å²) in [5.41, 5.74) is 2.78. The number of rotatable bonds is 5. The highest BCUT2D eigenvalue weighted by Gasteiger charge is 2.26. The average molecular weight is 444 g/mol. The number of aromatic nitrogens is 2. The Bertz CT molecular complexity index is 1300. The van der Waals surface area contributed by atoms with E-state index in [0.717, 1.165) is 31.7 Å². The van der Waals surface area contributed by atoms with Crippen LogP contribution in [-0.4, -0.2) is 26.9 Å². The van der Waals surface area contributed by atoms with Gasteiger partial charge in [-0.2, -0.15) is 5.26 Å². The van der Waals surface area contributed by atoms with Crippen molar-refractivity contribution in [2.75, 3.05) is 11.9 Å². The predicted molar refractivity (Wildman–Crippen MR) is 122 cm³/mol. The molecule has 3 aromatic heterocycles. The summed E-state index contributed by atoms with van der Waals surface area (Å²) in [5, 5.41) is 13.1. The molecule has 7 nitrogen and oxygen atoms in total. The van der Waals surface area contributed by atoms with Crippen molar-refractivity contribution in [3.05, 3.63) is 87.9 Å². The molecule has 0 aliphatic carbocycles. The zero-order valence-electron chi connectivity index (χ0n) is 17.5. The molecule has 0 unspecified atom stereocenters. The first kappa shape index (κ1) is 20.2. The molecule has 1 aromatic carbocycles. The van der Waals surface area contributed by atoms with Gasteiger partial charge in [-0.05, 0) is 24.6 Å². The first-order valence-electron chi connectivity index (χ1n) is 10.4. The lowest BCUT2D eigenvalue weighted by molar-refractivity contribution is 0.102. The van der Waals surface area contributed by atoms with Crippen LogP contribution in [0, 0.1) is 18.3 Å². The van der Waals surface area contributed by atoms with Crippen molar-refractivity contribution in [2.45, 2.75) is 26.4 Å². The van der Waals surface area contributed by atoms with Gasteiger partial charge in [-0.3, -0.25) is 19.6 Å². The normalized spacial score (nSPS) is 13.5. The molecule has 1 aliphatic rings.